The van der Waals surface area contributed by atoms with Gasteiger partial charge in [0.25, 0.3) is 5.91 Å². The maximum atomic E-state index is 13.3. The first-order valence-corrected chi connectivity index (χ1v) is 13.5. The number of carboxylic acid groups (broad SMARTS) is 1. The fourth-order valence-corrected chi connectivity index (χ4v) is 5.58. The fraction of sp³-hybridized carbons (Fsp3) is 0.464. The second kappa shape index (κ2) is 11.1. The van der Waals surface area contributed by atoms with E-state index in [-0.39, 0.29) is 30.2 Å². The number of para-hydroxylation sites is 1. The van der Waals surface area contributed by atoms with Gasteiger partial charge in [-0.15, -0.1) is 0 Å². The third-order valence-electron chi connectivity index (χ3n) is 6.77. The number of fused-ring (bicyclic) bond motifs is 2. The van der Waals surface area contributed by atoms with Crippen LogP contribution >= 0.6 is 11.8 Å². The molecule has 0 aromatic heterocycles. The highest BCUT2D eigenvalue weighted by molar-refractivity contribution is 7.99. The molecule has 4 N–H and O–H groups in total. The van der Waals surface area contributed by atoms with Gasteiger partial charge in [-0.05, 0) is 69.4 Å². The lowest BCUT2D eigenvalue weighted by atomic mass is 9.85. The molecule has 1 fully saturated rings. The summed E-state index contributed by atoms with van der Waals surface area (Å²) in [4.78, 5) is 40.3. The summed E-state index contributed by atoms with van der Waals surface area (Å²) in [5, 5.41) is 18.8. The van der Waals surface area contributed by atoms with Gasteiger partial charge >= 0.3 is 5.97 Å². The van der Waals surface area contributed by atoms with Gasteiger partial charge in [-0.1, -0.05) is 37.7 Å². The molecule has 3 atom stereocenters. The highest BCUT2D eigenvalue weighted by Gasteiger charge is 2.39. The minimum absolute atomic E-state index is 0.177. The molecule has 4 rings (SSSR count). The summed E-state index contributed by atoms with van der Waals surface area (Å²) in [6.07, 6.45) is 0.975. The van der Waals surface area contributed by atoms with E-state index < -0.39 is 23.5 Å². The van der Waals surface area contributed by atoms with Gasteiger partial charge in [0.1, 0.15) is 6.04 Å². The van der Waals surface area contributed by atoms with Crippen molar-refractivity contribution in [2.75, 3.05) is 11.9 Å². The molecule has 2 amide bonds. The van der Waals surface area contributed by atoms with Gasteiger partial charge in [-0.25, -0.2) is 0 Å². The average molecular weight is 526 g/mol. The van der Waals surface area contributed by atoms with Crippen molar-refractivity contribution in [3.63, 3.8) is 0 Å². The highest BCUT2D eigenvalue weighted by Crippen LogP contribution is 2.44. The molecular formula is C28H35N3O5S. The summed E-state index contributed by atoms with van der Waals surface area (Å²) in [5.41, 5.74) is 1.35. The molecule has 2 aliphatic heterocycles. The number of hydrogen-bond acceptors (Lipinski definition) is 6. The van der Waals surface area contributed by atoms with E-state index in [9.17, 15) is 19.5 Å². The Labute approximate surface area is 221 Å². The van der Waals surface area contributed by atoms with Gasteiger partial charge in [-0.3, -0.25) is 14.4 Å². The number of carbonyl (C=O) groups is 3. The van der Waals surface area contributed by atoms with Gasteiger partial charge in [0.05, 0.1) is 28.9 Å². The smallest absolute Gasteiger partial charge is 0.309 e. The molecule has 0 aliphatic carbocycles. The normalized spacial score (nSPS) is 19.4. The van der Waals surface area contributed by atoms with Crippen molar-refractivity contribution in [1.29, 1.82) is 0 Å². The van der Waals surface area contributed by atoms with E-state index in [2.05, 4.69) is 16.0 Å². The van der Waals surface area contributed by atoms with Crippen molar-refractivity contribution in [1.82, 2.24) is 10.6 Å². The summed E-state index contributed by atoms with van der Waals surface area (Å²) in [5.74, 6) is -1.33. The largest absolute Gasteiger partial charge is 0.481 e. The van der Waals surface area contributed by atoms with E-state index in [0.29, 0.717) is 25.0 Å². The summed E-state index contributed by atoms with van der Waals surface area (Å²) in [6.45, 7) is 7.77. The van der Waals surface area contributed by atoms with Crippen LogP contribution in [0.15, 0.2) is 52.3 Å². The highest BCUT2D eigenvalue weighted by atomic mass is 32.2. The minimum Gasteiger partial charge on any atom is -0.481 e. The van der Waals surface area contributed by atoms with E-state index in [4.69, 9.17) is 4.74 Å². The Morgan fingerprint density at radius 1 is 1.14 bits per heavy atom. The molecule has 1 saturated heterocycles. The molecule has 8 nitrogen and oxygen atoms in total. The van der Waals surface area contributed by atoms with Crippen LogP contribution in [0.25, 0.3) is 0 Å². The summed E-state index contributed by atoms with van der Waals surface area (Å²) in [7, 11) is 0. The first-order valence-electron chi connectivity index (χ1n) is 12.7. The summed E-state index contributed by atoms with van der Waals surface area (Å²) >= 11 is 1.65. The minimum atomic E-state index is -0.969. The van der Waals surface area contributed by atoms with Crippen molar-refractivity contribution in [2.45, 2.75) is 74.9 Å². The molecule has 9 heteroatoms. The van der Waals surface area contributed by atoms with Crippen molar-refractivity contribution < 1.29 is 24.2 Å². The molecular weight excluding hydrogens is 490 g/mol. The summed E-state index contributed by atoms with van der Waals surface area (Å²) in [6, 6.07) is 12.5. The zero-order chi connectivity index (χ0) is 26.7. The molecule has 198 valence electrons. The van der Waals surface area contributed by atoms with Gasteiger partial charge in [0.15, 0.2) is 0 Å². The first kappa shape index (κ1) is 27.0. The number of nitrogens with one attached hydrogen (secondary N) is 3. The monoisotopic (exact) mass is 525 g/mol. The zero-order valence-corrected chi connectivity index (χ0v) is 22.5. The van der Waals surface area contributed by atoms with E-state index in [1.54, 1.807) is 31.7 Å². The molecule has 0 bridgehead atoms. The van der Waals surface area contributed by atoms with Crippen molar-refractivity contribution in [3.05, 3.63) is 48.0 Å². The zero-order valence-electron chi connectivity index (χ0n) is 21.7. The lowest BCUT2D eigenvalue weighted by molar-refractivity contribution is -0.148. The second-order valence-electron chi connectivity index (χ2n) is 10.8. The van der Waals surface area contributed by atoms with Crippen LogP contribution in [0.4, 0.5) is 11.4 Å². The number of carboxylic acids is 1. The van der Waals surface area contributed by atoms with Crippen LogP contribution in [-0.4, -0.2) is 47.7 Å². The average Bonchev–Trinajstić information content (AvgIpc) is 3.26. The number of aliphatic carboxylic acids is 1. The number of ether oxygens (including phenoxy) is 1. The molecule has 0 radical (unpaired) electrons. The number of hydrogen-bond donors (Lipinski definition) is 4. The van der Waals surface area contributed by atoms with Crippen LogP contribution < -0.4 is 16.0 Å². The van der Waals surface area contributed by atoms with Crippen LogP contribution in [0.5, 0.6) is 0 Å². The van der Waals surface area contributed by atoms with E-state index in [1.807, 2.05) is 50.2 Å². The maximum absolute atomic E-state index is 13.3. The molecule has 2 unspecified atom stereocenters. The Morgan fingerprint density at radius 2 is 1.86 bits per heavy atom. The standard InChI is InChI=1S/C28H35N3O5S/c1-16(2)13-21(26(33)30-18-11-12-36-22(18)15-28(3,4)27(34)35)31-25(32)17-9-10-24-20(14-17)29-19-7-5-6-8-23(19)37-24/h5-10,14,16,18,21-22,29H,11-13,15H2,1-4H3,(H,30,33)(H,31,32)(H,34,35)/t18?,21-,22?/m0/s1. The van der Waals surface area contributed by atoms with Gasteiger partial charge in [0.2, 0.25) is 5.91 Å². The number of carbonyl (C=O) groups excluding carboxylic acids is 2. The molecule has 2 heterocycles. The Balaban J connectivity index is 1.44. The fourth-order valence-electron chi connectivity index (χ4n) is 4.61. The number of benzene rings is 2. The quantitative estimate of drug-likeness (QED) is 0.317. The molecule has 2 aromatic carbocycles. The predicted molar refractivity (Wildman–Crippen MR) is 143 cm³/mol. The molecule has 0 spiro atoms. The number of anilines is 2. The van der Waals surface area contributed by atoms with Crippen LogP contribution in [0.3, 0.4) is 0 Å². The molecule has 37 heavy (non-hydrogen) atoms. The summed E-state index contributed by atoms with van der Waals surface area (Å²) < 4.78 is 5.77. The van der Waals surface area contributed by atoms with E-state index in [0.717, 1.165) is 21.2 Å². The van der Waals surface area contributed by atoms with E-state index in [1.165, 1.54) is 0 Å². The Morgan fingerprint density at radius 3 is 2.59 bits per heavy atom. The second-order valence-corrected chi connectivity index (χ2v) is 11.9. The van der Waals surface area contributed by atoms with Crippen molar-refractivity contribution in [2.24, 2.45) is 11.3 Å². The van der Waals surface area contributed by atoms with Gasteiger partial charge < -0.3 is 25.8 Å². The maximum Gasteiger partial charge on any atom is 0.309 e. The van der Waals surface area contributed by atoms with Crippen molar-refractivity contribution >= 4 is 40.9 Å². The van der Waals surface area contributed by atoms with Gasteiger partial charge in [0, 0.05) is 22.0 Å². The third-order valence-corrected chi connectivity index (χ3v) is 7.93. The Hall–Kier alpha value is -3.04. The number of rotatable bonds is 9. The van der Waals surface area contributed by atoms with Crippen LogP contribution in [0.1, 0.15) is 57.3 Å². The van der Waals surface area contributed by atoms with Crippen LogP contribution in [0, 0.1) is 11.3 Å². The van der Waals surface area contributed by atoms with Gasteiger partial charge in [-0.2, -0.15) is 0 Å². The Bertz CT molecular complexity index is 1180. The van der Waals surface area contributed by atoms with Crippen LogP contribution in [-0.2, 0) is 14.3 Å². The topological polar surface area (TPSA) is 117 Å². The molecule has 0 saturated carbocycles. The van der Waals surface area contributed by atoms with Crippen molar-refractivity contribution in [3.8, 4) is 0 Å². The lowest BCUT2D eigenvalue weighted by Crippen LogP contribution is -2.52. The SMILES string of the molecule is CC(C)C[C@H](NC(=O)c1ccc2c(c1)Nc1ccccc1S2)C(=O)NC1CCOC1CC(C)(C)C(=O)O. The van der Waals surface area contributed by atoms with Crippen LogP contribution in [0.2, 0.25) is 0 Å². The Kier molecular flexibility index (Phi) is 8.14. The predicted octanol–water partition coefficient (Wildman–Crippen LogP) is 4.81. The lowest BCUT2D eigenvalue weighted by Gasteiger charge is -2.28. The van der Waals surface area contributed by atoms with E-state index >= 15 is 0 Å². The first-order chi connectivity index (χ1) is 17.5. The molecule has 2 aromatic rings. The number of amides is 2. The molecule has 2 aliphatic rings. The third kappa shape index (κ3) is 6.45.